The molecule has 2 rings (SSSR count). The van der Waals surface area contributed by atoms with Gasteiger partial charge in [-0.2, -0.15) is 0 Å². The zero-order chi connectivity index (χ0) is 17.4. The van der Waals surface area contributed by atoms with E-state index in [0.29, 0.717) is 0 Å². The molecule has 0 heterocycles. The van der Waals surface area contributed by atoms with E-state index in [1.165, 1.54) is 38.5 Å². The second-order valence-corrected chi connectivity index (χ2v) is 19.1. The van der Waals surface area contributed by atoms with Gasteiger partial charge in [0, 0.05) is 0 Å². The maximum atomic E-state index is 7.15. The van der Waals surface area contributed by atoms with Crippen molar-refractivity contribution in [3.05, 3.63) is 0 Å². The van der Waals surface area contributed by atoms with Gasteiger partial charge in [0.2, 0.25) is 0 Å². The van der Waals surface area contributed by atoms with E-state index in [2.05, 4.69) is 53.9 Å². The quantitative estimate of drug-likeness (QED) is 0.491. The molecule has 0 aliphatic heterocycles. The molecule has 0 saturated heterocycles. The predicted molar refractivity (Wildman–Crippen MR) is 108 cm³/mol. The van der Waals surface area contributed by atoms with E-state index in [0.717, 1.165) is 34.8 Å². The molecule has 0 radical (unpaired) electrons. The summed E-state index contributed by atoms with van der Waals surface area (Å²) in [7, 11) is -3.14. The molecule has 0 aromatic carbocycles. The molecule has 2 aliphatic rings. The summed E-state index contributed by atoms with van der Waals surface area (Å²) in [6.07, 6.45) is 8.53. The summed E-state index contributed by atoms with van der Waals surface area (Å²) < 4.78 is 7.15. The van der Waals surface area contributed by atoms with Gasteiger partial charge in [-0.25, -0.2) is 0 Å². The Morgan fingerprint density at radius 1 is 0.565 bits per heavy atom. The lowest BCUT2D eigenvalue weighted by atomic mass is 9.81. The first-order chi connectivity index (χ1) is 10.5. The van der Waals surface area contributed by atoms with E-state index < -0.39 is 16.6 Å². The topological polar surface area (TPSA) is 9.23 Å². The van der Waals surface area contributed by atoms with Gasteiger partial charge in [0.25, 0.3) is 0 Å². The zero-order valence-corrected chi connectivity index (χ0v) is 19.1. The third-order valence-corrected chi connectivity index (χ3v) is 16.9. The van der Waals surface area contributed by atoms with Crippen LogP contribution in [0, 0.1) is 23.7 Å². The minimum Gasteiger partial charge on any atom is -0.455 e. The van der Waals surface area contributed by atoms with Gasteiger partial charge in [-0.15, -0.1) is 0 Å². The van der Waals surface area contributed by atoms with E-state index in [9.17, 15) is 0 Å². The molecule has 2 aliphatic carbocycles. The van der Waals surface area contributed by atoms with Crippen molar-refractivity contribution in [2.45, 2.75) is 103 Å². The minimum absolute atomic E-state index is 0.889. The van der Waals surface area contributed by atoms with Gasteiger partial charge in [0.1, 0.15) is 0 Å². The van der Waals surface area contributed by atoms with Crippen molar-refractivity contribution in [3.63, 3.8) is 0 Å². The molecular weight excluding hydrogens is 312 g/mol. The van der Waals surface area contributed by atoms with Crippen molar-refractivity contribution in [2.75, 3.05) is 0 Å². The van der Waals surface area contributed by atoms with Crippen LogP contribution in [0.15, 0.2) is 0 Å². The Labute approximate surface area is 148 Å². The molecule has 2 fully saturated rings. The summed E-state index contributed by atoms with van der Waals surface area (Å²) in [5.74, 6) is 3.62. The molecular formula is C20H42OSi2. The van der Waals surface area contributed by atoms with Crippen LogP contribution in [0.25, 0.3) is 0 Å². The lowest BCUT2D eigenvalue weighted by molar-refractivity contribution is 0.254. The third-order valence-electron chi connectivity index (χ3n) is 7.69. The fourth-order valence-electron chi connectivity index (χ4n) is 5.20. The van der Waals surface area contributed by atoms with Crippen LogP contribution >= 0.6 is 0 Å². The summed E-state index contributed by atoms with van der Waals surface area (Å²) >= 11 is 0. The summed E-state index contributed by atoms with van der Waals surface area (Å²) in [5, 5.41) is 0. The molecule has 136 valence electrons. The smallest absolute Gasteiger partial charge is 0.176 e. The Morgan fingerprint density at radius 2 is 0.913 bits per heavy atom. The van der Waals surface area contributed by atoms with Crippen molar-refractivity contribution in [1.82, 2.24) is 0 Å². The Hall–Kier alpha value is 0.394. The highest BCUT2D eigenvalue weighted by molar-refractivity contribution is 6.86. The maximum absolute atomic E-state index is 7.15. The van der Waals surface area contributed by atoms with Crippen molar-refractivity contribution < 1.29 is 4.12 Å². The van der Waals surface area contributed by atoms with Gasteiger partial charge < -0.3 is 4.12 Å². The summed E-state index contributed by atoms with van der Waals surface area (Å²) in [6.45, 7) is 19.9. The minimum atomic E-state index is -1.57. The van der Waals surface area contributed by atoms with E-state index in [1.807, 2.05) is 0 Å². The molecule has 0 aromatic heterocycles. The molecule has 6 unspecified atom stereocenters. The largest absolute Gasteiger partial charge is 0.455 e. The second-order valence-electron chi connectivity index (χ2n) is 10.2. The van der Waals surface area contributed by atoms with Crippen molar-refractivity contribution in [1.29, 1.82) is 0 Å². The molecule has 3 heteroatoms. The van der Waals surface area contributed by atoms with Crippen LogP contribution in [0.5, 0.6) is 0 Å². The van der Waals surface area contributed by atoms with E-state index >= 15 is 0 Å². The second kappa shape index (κ2) is 7.33. The molecule has 6 atom stereocenters. The lowest BCUT2D eigenvalue weighted by Gasteiger charge is -2.47. The molecule has 1 nitrogen and oxygen atoms in total. The van der Waals surface area contributed by atoms with Crippen LogP contribution in [-0.4, -0.2) is 16.6 Å². The highest BCUT2D eigenvalue weighted by Crippen LogP contribution is 2.47. The Kier molecular flexibility index (Phi) is 6.28. The molecule has 0 spiro atoms. The van der Waals surface area contributed by atoms with Crippen LogP contribution in [0.2, 0.25) is 37.3 Å². The van der Waals surface area contributed by atoms with Gasteiger partial charge in [-0.05, 0) is 73.8 Å². The fraction of sp³-hybridized carbons (Fsp3) is 1.00. The highest BCUT2D eigenvalue weighted by Gasteiger charge is 2.45. The van der Waals surface area contributed by atoms with Gasteiger partial charge in [-0.3, -0.25) is 0 Å². The van der Waals surface area contributed by atoms with Crippen LogP contribution in [-0.2, 0) is 4.12 Å². The summed E-state index contributed by atoms with van der Waals surface area (Å²) in [4.78, 5) is 0. The molecule has 0 amide bonds. The van der Waals surface area contributed by atoms with Crippen LogP contribution in [0.1, 0.15) is 66.2 Å². The summed E-state index contributed by atoms with van der Waals surface area (Å²) in [5.41, 5.74) is 1.78. The highest BCUT2D eigenvalue weighted by atomic mass is 28.4. The maximum Gasteiger partial charge on any atom is 0.176 e. The van der Waals surface area contributed by atoms with Crippen LogP contribution in [0.4, 0.5) is 0 Å². The standard InChI is InChI=1S/C20H42OSi2/c1-15-9-11-19(13-17(15)3)22(5,6)21-23(7,8)20-12-10-16(2)18(4)14-20/h15-20H,9-14H2,1-8H3. The average Bonchev–Trinajstić information content (AvgIpc) is 2.43. The van der Waals surface area contributed by atoms with Gasteiger partial charge in [0.15, 0.2) is 16.6 Å². The normalized spacial score (nSPS) is 40.2. The van der Waals surface area contributed by atoms with E-state index in [-0.39, 0.29) is 0 Å². The monoisotopic (exact) mass is 354 g/mol. The average molecular weight is 355 g/mol. The number of hydrogen-bond acceptors (Lipinski definition) is 1. The van der Waals surface area contributed by atoms with Crippen molar-refractivity contribution >= 4 is 16.6 Å². The SMILES string of the molecule is CC1CCC([Si](C)(C)O[Si](C)(C)C2CCC(C)C(C)C2)CC1C. The van der Waals surface area contributed by atoms with Gasteiger partial charge in [0.05, 0.1) is 0 Å². The molecule has 0 N–H and O–H groups in total. The zero-order valence-electron chi connectivity index (χ0n) is 17.1. The van der Waals surface area contributed by atoms with E-state index in [4.69, 9.17) is 4.12 Å². The predicted octanol–water partition coefficient (Wildman–Crippen LogP) is 7.07. The van der Waals surface area contributed by atoms with Crippen molar-refractivity contribution in [2.24, 2.45) is 23.7 Å². The molecule has 23 heavy (non-hydrogen) atoms. The van der Waals surface area contributed by atoms with Crippen LogP contribution in [0.3, 0.4) is 0 Å². The van der Waals surface area contributed by atoms with Crippen LogP contribution < -0.4 is 0 Å². The van der Waals surface area contributed by atoms with Gasteiger partial charge >= 0.3 is 0 Å². The van der Waals surface area contributed by atoms with Gasteiger partial charge in [-0.1, -0.05) is 53.4 Å². The lowest BCUT2D eigenvalue weighted by Crippen LogP contribution is -2.51. The number of hydrogen-bond donors (Lipinski definition) is 0. The third kappa shape index (κ3) is 4.73. The Morgan fingerprint density at radius 3 is 1.22 bits per heavy atom. The molecule has 0 aromatic rings. The fourth-order valence-corrected chi connectivity index (χ4v) is 15.6. The molecule has 0 bridgehead atoms. The Balaban J connectivity index is 2.00. The first-order valence-electron chi connectivity index (χ1n) is 10.2. The first kappa shape index (κ1) is 19.7. The van der Waals surface area contributed by atoms with Crippen molar-refractivity contribution in [3.8, 4) is 0 Å². The van der Waals surface area contributed by atoms with E-state index in [1.54, 1.807) is 0 Å². The summed E-state index contributed by atoms with van der Waals surface area (Å²) in [6, 6.07) is 0. The number of rotatable bonds is 4. The first-order valence-corrected chi connectivity index (χ1v) is 16.2. The molecule has 2 saturated carbocycles. The Bertz CT molecular complexity index is 357.